The molecular weight excluding hydrogens is 324 g/mol. The summed E-state index contributed by atoms with van der Waals surface area (Å²) in [5, 5.41) is 0. The van der Waals surface area contributed by atoms with E-state index in [0.717, 1.165) is 39.1 Å². The number of hydrogen-bond donors (Lipinski definition) is 0. The Morgan fingerprint density at radius 1 is 0.962 bits per heavy atom. The molecule has 2 aromatic rings. The summed E-state index contributed by atoms with van der Waals surface area (Å²) in [6.07, 6.45) is 1.77. The topological polar surface area (TPSA) is 32.8 Å². The molecule has 0 N–H and O–H groups in total. The zero-order valence-electron chi connectivity index (χ0n) is 14.9. The lowest BCUT2D eigenvalue weighted by atomic mass is 9.83. The second-order valence-corrected chi connectivity index (χ2v) is 7.55. The maximum absolute atomic E-state index is 13.5. The lowest BCUT2D eigenvalue weighted by Crippen LogP contribution is -2.57. The van der Waals surface area contributed by atoms with Crippen molar-refractivity contribution in [2.75, 3.05) is 31.2 Å². The number of benzene rings is 2. The first-order chi connectivity index (χ1) is 12.8. The Labute approximate surface area is 154 Å². The van der Waals surface area contributed by atoms with Gasteiger partial charge in [0.1, 0.15) is 0 Å². The van der Waals surface area contributed by atoms with Gasteiger partial charge in [0.15, 0.2) is 0 Å². The monoisotopic (exact) mass is 348 g/mol. The van der Waals surface area contributed by atoms with Gasteiger partial charge in [-0.2, -0.15) is 0 Å². The van der Waals surface area contributed by atoms with E-state index < -0.39 is 0 Å². The third-order valence-corrected chi connectivity index (χ3v) is 6.13. The summed E-state index contributed by atoms with van der Waals surface area (Å²) in [5.41, 5.74) is 5.25. The van der Waals surface area contributed by atoms with Crippen LogP contribution in [0.2, 0.25) is 0 Å². The van der Waals surface area contributed by atoms with Crippen LogP contribution >= 0.6 is 0 Å². The predicted octanol–water partition coefficient (Wildman–Crippen LogP) is 2.65. The number of fused-ring (bicyclic) bond motifs is 4. The standard InChI is InChI=1S/C22H24N2O2/c25-22(23-10-9-16-5-1-2-7-18(16)14-23)19-13-17-6-3-4-8-20(17)24-11-12-26-15-21(19)24/h1-8,19,21H,9-15H2. The van der Waals surface area contributed by atoms with E-state index in [1.165, 1.54) is 22.4 Å². The zero-order chi connectivity index (χ0) is 17.5. The SMILES string of the molecule is O=C(C1Cc2ccccc2N2CCOCC12)N1CCc2ccccc2C1. The molecule has 0 spiro atoms. The molecule has 2 atom stereocenters. The molecule has 0 aliphatic carbocycles. The Kier molecular flexibility index (Phi) is 3.93. The number of ether oxygens (including phenoxy) is 1. The van der Waals surface area contributed by atoms with E-state index in [-0.39, 0.29) is 17.9 Å². The van der Waals surface area contributed by atoms with Crippen LogP contribution in [0.4, 0.5) is 5.69 Å². The van der Waals surface area contributed by atoms with E-state index in [0.29, 0.717) is 6.61 Å². The molecule has 3 heterocycles. The van der Waals surface area contributed by atoms with Gasteiger partial charge < -0.3 is 14.5 Å². The molecule has 1 amide bonds. The van der Waals surface area contributed by atoms with Crippen LogP contribution in [0.3, 0.4) is 0 Å². The molecule has 0 aromatic heterocycles. The van der Waals surface area contributed by atoms with Crippen molar-refractivity contribution in [2.24, 2.45) is 5.92 Å². The van der Waals surface area contributed by atoms with Crippen molar-refractivity contribution in [1.29, 1.82) is 0 Å². The molecule has 4 nitrogen and oxygen atoms in total. The highest BCUT2D eigenvalue weighted by Gasteiger charge is 2.41. The largest absolute Gasteiger partial charge is 0.377 e. The fourth-order valence-electron chi connectivity index (χ4n) is 4.76. The average Bonchev–Trinajstić information content (AvgIpc) is 2.72. The first kappa shape index (κ1) is 15.9. The Bertz CT molecular complexity index is 834. The predicted molar refractivity (Wildman–Crippen MR) is 101 cm³/mol. The molecule has 4 heteroatoms. The molecule has 0 saturated carbocycles. The zero-order valence-corrected chi connectivity index (χ0v) is 14.9. The molecule has 26 heavy (non-hydrogen) atoms. The molecule has 134 valence electrons. The number of hydrogen-bond acceptors (Lipinski definition) is 3. The van der Waals surface area contributed by atoms with Crippen LogP contribution in [0, 0.1) is 5.92 Å². The highest BCUT2D eigenvalue weighted by atomic mass is 16.5. The van der Waals surface area contributed by atoms with Crippen LogP contribution in [-0.4, -0.2) is 43.2 Å². The van der Waals surface area contributed by atoms with Gasteiger partial charge in [0.25, 0.3) is 0 Å². The minimum absolute atomic E-state index is 0.0181. The number of morpholine rings is 1. The van der Waals surface area contributed by atoms with Crippen LogP contribution in [-0.2, 0) is 28.9 Å². The van der Waals surface area contributed by atoms with Crippen LogP contribution < -0.4 is 4.90 Å². The fourth-order valence-corrected chi connectivity index (χ4v) is 4.76. The minimum Gasteiger partial charge on any atom is -0.377 e. The highest BCUT2D eigenvalue weighted by molar-refractivity contribution is 5.82. The van der Waals surface area contributed by atoms with Gasteiger partial charge in [-0.05, 0) is 35.6 Å². The number of carbonyl (C=O) groups excluding carboxylic acids is 1. The van der Waals surface area contributed by atoms with Crippen molar-refractivity contribution in [2.45, 2.75) is 25.4 Å². The summed E-state index contributed by atoms with van der Waals surface area (Å²) in [6.45, 7) is 3.81. The highest BCUT2D eigenvalue weighted by Crippen LogP contribution is 2.36. The van der Waals surface area contributed by atoms with E-state index in [4.69, 9.17) is 4.74 Å². The van der Waals surface area contributed by atoms with Gasteiger partial charge in [-0.3, -0.25) is 4.79 Å². The summed E-state index contributed by atoms with van der Waals surface area (Å²) >= 11 is 0. The maximum Gasteiger partial charge on any atom is 0.228 e. The van der Waals surface area contributed by atoms with E-state index in [9.17, 15) is 4.79 Å². The molecule has 2 unspecified atom stereocenters. The van der Waals surface area contributed by atoms with Gasteiger partial charge in [0, 0.05) is 25.3 Å². The van der Waals surface area contributed by atoms with E-state index in [1.54, 1.807) is 0 Å². The molecular formula is C22H24N2O2. The van der Waals surface area contributed by atoms with Gasteiger partial charge in [-0.25, -0.2) is 0 Å². The lowest BCUT2D eigenvalue weighted by molar-refractivity contribution is -0.138. The normalized spacial score (nSPS) is 24.5. The van der Waals surface area contributed by atoms with E-state index in [2.05, 4.69) is 58.3 Å². The number of anilines is 1. The Hall–Kier alpha value is -2.33. The van der Waals surface area contributed by atoms with Gasteiger partial charge in [-0.15, -0.1) is 0 Å². The summed E-state index contributed by atoms with van der Waals surface area (Å²) in [5.74, 6) is 0.268. The third kappa shape index (κ3) is 2.60. The van der Waals surface area contributed by atoms with Crippen molar-refractivity contribution in [3.63, 3.8) is 0 Å². The van der Waals surface area contributed by atoms with Gasteiger partial charge in [0.2, 0.25) is 5.91 Å². The van der Waals surface area contributed by atoms with Crippen molar-refractivity contribution < 1.29 is 9.53 Å². The van der Waals surface area contributed by atoms with Gasteiger partial charge >= 0.3 is 0 Å². The number of nitrogens with zero attached hydrogens (tertiary/aromatic N) is 2. The summed E-state index contributed by atoms with van der Waals surface area (Å²) in [4.78, 5) is 17.9. The smallest absolute Gasteiger partial charge is 0.228 e. The van der Waals surface area contributed by atoms with E-state index in [1.807, 2.05) is 0 Å². The van der Waals surface area contributed by atoms with Crippen molar-refractivity contribution in [1.82, 2.24) is 4.90 Å². The summed E-state index contributed by atoms with van der Waals surface area (Å²) < 4.78 is 5.77. The van der Waals surface area contributed by atoms with Crippen molar-refractivity contribution in [3.05, 3.63) is 65.2 Å². The molecule has 0 radical (unpaired) electrons. The number of para-hydroxylation sites is 1. The Balaban J connectivity index is 1.43. The molecule has 3 aliphatic heterocycles. The third-order valence-electron chi connectivity index (χ3n) is 6.13. The van der Waals surface area contributed by atoms with Crippen LogP contribution in [0.5, 0.6) is 0 Å². The lowest BCUT2D eigenvalue weighted by Gasteiger charge is -2.47. The van der Waals surface area contributed by atoms with Gasteiger partial charge in [-0.1, -0.05) is 42.5 Å². The molecule has 5 rings (SSSR count). The first-order valence-electron chi connectivity index (χ1n) is 9.59. The molecule has 1 fully saturated rings. The fraction of sp³-hybridized carbons (Fsp3) is 0.409. The van der Waals surface area contributed by atoms with Gasteiger partial charge in [0.05, 0.1) is 25.2 Å². The van der Waals surface area contributed by atoms with Crippen LogP contribution in [0.1, 0.15) is 16.7 Å². The second-order valence-electron chi connectivity index (χ2n) is 7.55. The first-order valence-corrected chi connectivity index (χ1v) is 9.59. The number of rotatable bonds is 1. The Morgan fingerprint density at radius 3 is 2.62 bits per heavy atom. The maximum atomic E-state index is 13.5. The molecule has 2 aromatic carbocycles. The quantitative estimate of drug-likeness (QED) is 0.794. The molecule has 1 saturated heterocycles. The number of amides is 1. The van der Waals surface area contributed by atoms with Crippen molar-refractivity contribution in [3.8, 4) is 0 Å². The summed E-state index contributed by atoms with van der Waals surface area (Å²) in [6, 6.07) is 17.2. The van der Waals surface area contributed by atoms with Crippen molar-refractivity contribution >= 4 is 11.6 Å². The molecule has 0 bridgehead atoms. The van der Waals surface area contributed by atoms with E-state index >= 15 is 0 Å². The second kappa shape index (κ2) is 6.44. The molecule has 3 aliphatic rings. The van der Waals surface area contributed by atoms with Crippen LogP contribution in [0.15, 0.2) is 48.5 Å². The minimum atomic E-state index is -0.0181. The van der Waals surface area contributed by atoms with Crippen LogP contribution in [0.25, 0.3) is 0 Å². The summed E-state index contributed by atoms with van der Waals surface area (Å²) in [7, 11) is 0. The average molecular weight is 348 g/mol. The Morgan fingerprint density at radius 2 is 1.73 bits per heavy atom. The number of carbonyl (C=O) groups is 1.